The van der Waals surface area contributed by atoms with Gasteiger partial charge in [0.1, 0.15) is 6.04 Å². The van der Waals surface area contributed by atoms with E-state index in [2.05, 4.69) is 37.8 Å². The van der Waals surface area contributed by atoms with E-state index in [0.717, 1.165) is 19.5 Å². The van der Waals surface area contributed by atoms with Crippen molar-refractivity contribution in [3.05, 3.63) is 21.9 Å². The van der Waals surface area contributed by atoms with E-state index in [0.29, 0.717) is 0 Å². The summed E-state index contributed by atoms with van der Waals surface area (Å²) in [5, 5.41) is 9.33. The lowest BCUT2D eigenvalue weighted by atomic mass is 9.95. The van der Waals surface area contributed by atoms with Gasteiger partial charge in [0, 0.05) is 16.3 Å². The minimum Gasteiger partial charge on any atom is -0.480 e. The molecule has 2 rings (SSSR count). The number of rotatable bonds is 3. The van der Waals surface area contributed by atoms with Gasteiger partial charge in [0.05, 0.1) is 0 Å². The maximum atomic E-state index is 11.3. The van der Waals surface area contributed by atoms with Crippen molar-refractivity contribution in [2.24, 2.45) is 5.92 Å². The van der Waals surface area contributed by atoms with E-state index in [4.69, 9.17) is 0 Å². The van der Waals surface area contributed by atoms with Gasteiger partial charge in [-0.3, -0.25) is 9.69 Å². The van der Waals surface area contributed by atoms with E-state index in [-0.39, 0.29) is 17.4 Å². The minimum atomic E-state index is -0.683. The lowest BCUT2D eigenvalue weighted by Crippen LogP contribution is -2.38. The molecule has 1 aliphatic rings. The highest BCUT2D eigenvalue weighted by Gasteiger charge is 2.36. The zero-order valence-corrected chi connectivity index (χ0v) is 13.0. The van der Waals surface area contributed by atoms with Crippen molar-refractivity contribution < 1.29 is 9.90 Å². The predicted molar refractivity (Wildman–Crippen MR) is 78.6 cm³/mol. The molecule has 0 bridgehead atoms. The molecule has 106 valence electrons. The molecule has 1 aliphatic heterocycles. The predicted octanol–water partition coefficient (Wildman–Crippen LogP) is 3.34. The minimum absolute atomic E-state index is 0.174. The van der Waals surface area contributed by atoms with Crippen LogP contribution in [-0.2, 0) is 16.8 Å². The molecule has 2 unspecified atom stereocenters. The van der Waals surface area contributed by atoms with Crippen LogP contribution in [-0.4, -0.2) is 28.6 Å². The van der Waals surface area contributed by atoms with Gasteiger partial charge in [0.15, 0.2) is 0 Å². The second-order valence-electron chi connectivity index (χ2n) is 6.54. The fourth-order valence-electron chi connectivity index (χ4n) is 2.67. The number of likely N-dealkylation sites (tertiary alicyclic amines) is 1. The molecular formula is C15H23NO2S. The summed E-state index contributed by atoms with van der Waals surface area (Å²) >= 11 is 1.81. The van der Waals surface area contributed by atoms with Crippen molar-refractivity contribution >= 4 is 17.3 Å². The number of hydrogen-bond donors (Lipinski definition) is 1. The monoisotopic (exact) mass is 281 g/mol. The van der Waals surface area contributed by atoms with Gasteiger partial charge in [-0.25, -0.2) is 0 Å². The molecule has 0 amide bonds. The van der Waals surface area contributed by atoms with E-state index < -0.39 is 5.97 Å². The Labute approximate surface area is 119 Å². The van der Waals surface area contributed by atoms with E-state index in [1.165, 1.54) is 9.75 Å². The largest absolute Gasteiger partial charge is 0.480 e. The molecule has 1 aromatic rings. The fourth-order valence-corrected chi connectivity index (χ4v) is 3.76. The third-order valence-corrected chi connectivity index (χ3v) is 5.31. The molecule has 1 saturated heterocycles. The molecule has 0 aliphatic carbocycles. The van der Waals surface area contributed by atoms with E-state index >= 15 is 0 Å². The Morgan fingerprint density at radius 2 is 2.16 bits per heavy atom. The van der Waals surface area contributed by atoms with Crippen LogP contribution in [0, 0.1) is 5.92 Å². The third kappa shape index (κ3) is 3.18. The average Bonchev–Trinajstić information content (AvgIpc) is 2.85. The van der Waals surface area contributed by atoms with Crippen LogP contribution >= 0.6 is 11.3 Å². The van der Waals surface area contributed by atoms with Crippen LogP contribution in [0.1, 0.15) is 43.9 Å². The highest BCUT2D eigenvalue weighted by atomic mass is 32.1. The summed E-state index contributed by atoms with van der Waals surface area (Å²) in [6.07, 6.45) is 0.981. The van der Waals surface area contributed by atoms with Gasteiger partial charge in [-0.15, -0.1) is 11.3 Å². The van der Waals surface area contributed by atoms with E-state index in [1.807, 2.05) is 18.3 Å². The van der Waals surface area contributed by atoms with Crippen LogP contribution in [0.4, 0.5) is 0 Å². The molecule has 1 aromatic heterocycles. The molecule has 0 radical (unpaired) electrons. The second-order valence-corrected chi connectivity index (χ2v) is 7.70. The number of thiophene rings is 1. The summed E-state index contributed by atoms with van der Waals surface area (Å²) < 4.78 is 0. The smallest absolute Gasteiger partial charge is 0.321 e. The fraction of sp³-hybridized carbons (Fsp3) is 0.667. The first-order valence-electron chi connectivity index (χ1n) is 6.85. The Kier molecular flexibility index (Phi) is 4.02. The molecule has 1 fully saturated rings. The van der Waals surface area contributed by atoms with Crippen LogP contribution in [0.15, 0.2) is 12.1 Å². The Balaban J connectivity index is 2.09. The van der Waals surface area contributed by atoms with Crippen LogP contribution in [0.2, 0.25) is 0 Å². The molecule has 0 aromatic carbocycles. The number of carboxylic acid groups (broad SMARTS) is 1. The molecule has 1 N–H and O–H groups in total. The van der Waals surface area contributed by atoms with Crippen LogP contribution in [0.5, 0.6) is 0 Å². The van der Waals surface area contributed by atoms with Crippen molar-refractivity contribution in [2.45, 2.75) is 52.1 Å². The number of hydrogen-bond acceptors (Lipinski definition) is 3. The first-order chi connectivity index (χ1) is 8.79. The van der Waals surface area contributed by atoms with E-state index in [9.17, 15) is 9.90 Å². The third-order valence-electron chi connectivity index (χ3n) is 3.82. The van der Waals surface area contributed by atoms with Crippen LogP contribution < -0.4 is 0 Å². The lowest BCUT2D eigenvalue weighted by molar-refractivity contribution is -0.143. The van der Waals surface area contributed by atoms with Gasteiger partial charge in [-0.1, -0.05) is 27.7 Å². The summed E-state index contributed by atoms with van der Waals surface area (Å²) in [5.41, 5.74) is 0.174. The van der Waals surface area contributed by atoms with E-state index in [1.54, 1.807) is 0 Å². The number of nitrogens with zero attached hydrogens (tertiary/aromatic N) is 1. The SMILES string of the molecule is CC1CCN(Cc2ccc(C(C)(C)C)s2)C1C(=O)O. The molecule has 0 saturated carbocycles. The van der Waals surface area contributed by atoms with Gasteiger partial charge < -0.3 is 5.11 Å². The zero-order chi connectivity index (χ0) is 14.2. The standard InChI is InChI=1S/C15H23NO2S/c1-10-7-8-16(13(10)14(17)18)9-11-5-6-12(19-11)15(2,3)4/h5-6,10,13H,7-9H2,1-4H3,(H,17,18). The first-order valence-corrected chi connectivity index (χ1v) is 7.66. The summed E-state index contributed by atoms with van der Waals surface area (Å²) in [6.45, 7) is 10.3. The number of carboxylic acids is 1. The van der Waals surface area contributed by atoms with Crippen LogP contribution in [0.3, 0.4) is 0 Å². The molecule has 4 heteroatoms. The summed E-state index contributed by atoms with van der Waals surface area (Å²) in [6, 6.07) is 4.00. The maximum Gasteiger partial charge on any atom is 0.321 e. The second kappa shape index (κ2) is 5.25. The highest BCUT2D eigenvalue weighted by molar-refractivity contribution is 7.12. The Bertz CT molecular complexity index is 461. The molecule has 2 heterocycles. The van der Waals surface area contributed by atoms with Crippen LogP contribution in [0.25, 0.3) is 0 Å². The van der Waals surface area contributed by atoms with Crippen molar-refractivity contribution in [3.63, 3.8) is 0 Å². The van der Waals surface area contributed by atoms with Gasteiger partial charge in [0.2, 0.25) is 0 Å². The zero-order valence-electron chi connectivity index (χ0n) is 12.1. The summed E-state index contributed by atoms with van der Waals surface area (Å²) in [5.74, 6) is -0.433. The Morgan fingerprint density at radius 3 is 2.68 bits per heavy atom. The van der Waals surface area contributed by atoms with Gasteiger partial charge in [0.25, 0.3) is 0 Å². The maximum absolute atomic E-state index is 11.3. The summed E-state index contributed by atoms with van der Waals surface area (Å²) in [4.78, 5) is 16.1. The van der Waals surface area contributed by atoms with Gasteiger partial charge >= 0.3 is 5.97 Å². The molecule has 0 spiro atoms. The van der Waals surface area contributed by atoms with Crippen molar-refractivity contribution in [1.29, 1.82) is 0 Å². The molecular weight excluding hydrogens is 258 g/mol. The Morgan fingerprint density at radius 1 is 1.47 bits per heavy atom. The van der Waals surface area contributed by atoms with Crippen molar-refractivity contribution in [3.8, 4) is 0 Å². The number of aliphatic carboxylic acids is 1. The van der Waals surface area contributed by atoms with Gasteiger partial charge in [-0.05, 0) is 36.4 Å². The summed E-state index contributed by atoms with van der Waals surface area (Å²) in [7, 11) is 0. The average molecular weight is 281 g/mol. The van der Waals surface area contributed by atoms with Crippen molar-refractivity contribution in [2.75, 3.05) is 6.54 Å². The number of carbonyl (C=O) groups is 1. The molecule has 3 nitrogen and oxygen atoms in total. The quantitative estimate of drug-likeness (QED) is 0.923. The Hall–Kier alpha value is -0.870. The normalized spacial score (nSPS) is 24.8. The lowest BCUT2D eigenvalue weighted by Gasteiger charge is -2.22. The van der Waals surface area contributed by atoms with Crippen molar-refractivity contribution in [1.82, 2.24) is 4.90 Å². The highest BCUT2D eigenvalue weighted by Crippen LogP contribution is 2.32. The molecule has 2 atom stereocenters. The van der Waals surface area contributed by atoms with Gasteiger partial charge in [-0.2, -0.15) is 0 Å². The first kappa shape index (κ1) is 14.5. The topological polar surface area (TPSA) is 40.5 Å². The molecule has 19 heavy (non-hydrogen) atoms.